The first-order valence-electron chi connectivity index (χ1n) is 7.08. The molecule has 0 saturated heterocycles. The van der Waals surface area contributed by atoms with Crippen molar-refractivity contribution >= 4 is 18.0 Å². The number of carboxylic acid groups (broad SMARTS) is 1. The standard InChI is InChI=1S/C17H18N2O4/c1-12-18-10-15(8-14(9-16(20)21)17(22)23-2)19(12)11-13-6-4-3-5-7-13/h3-8,10H,9,11H2,1-2H3,(H,20,21)/b14-8-. The van der Waals surface area contributed by atoms with E-state index in [0.717, 1.165) is 11.4 Å². The van der Waals surface area contributed by atoms with Crippen molar-refractivity contribution in [1.82, 2.24) is 9.55 Å². The predicted molar refractivity (Wildman–Crippen MR) is 84.8 cm³/mol. The smallest absolute Gasteiger partial charge is 0.334 e. The van der Waals surface area contributed by atoms with E-state index >= 15 is 0 Å². The second-order valence-corrected chi connectivity index (χ2v) is 5.03. The summed E-state index contributed by atoms with van der Waals surface area (Å²) in [6, 6.07) is 9.81. The van der Waals surface area contributed by atoms with Crippen LogP contribution in [0.4, 0.5) is 0 Å². The van der Waals surface area contributed by atoms with Gasteiger partial charge in [0.2, 0.25) is 0 Å². The van der Waals surface area contributed by atoms with Crippen molar-refractivity contribution < 1.29 is 19.4 Å². The molecule has 6 nitrogen and oxygen atoms in total. The van der Waals surface area contributed by atoms with E-state index in [1.54, 1.807) is 6.20 Å². The number of aryl methyl sites for hydroxylation is 1. The van der Waals surface area contributed by atoms with Gasteiger partial charge < -0.3 is 14.4 Å². The molecule has 6 heteroatoms. The van der Waals surface area contributed by atoms with Crippen LogP contribution in [0.25, 0.3) is 6.08 Å². The monoisotopic (exact) mass is 314 g/mol. The summed E-state index contributed by atoms with van der Waals surface area (Å²) in [6.45, 7) is 2.44. The maximum absolute atomic E-state index is 11.7. The lowest BCUT2D eigenvalue weighted by molar-refractivity contribution is -0.141. The zero-order chi connectivity index (χ0) is 16.8. The fourth-order valence-corrected chi connectivity index (χ4v) is 2.23. The summed E-state index contributed by atoms with van der Waals surface area (Å²) in [4.78, 5) is 26.9. The highest BCUT2D eigenvalue weighted by Gasteiger charge is 2.15. The second kappa shape index (κ2) is 7.40. The number of nitrogens with zero attached hydrogens (tertiary/aromatic N) is 2. The zero-order valence-corrected chi connectivity index (χ0v) is 13.0. The van der Waals surface area contributed by atoms with Crippen LogP contribution >= 0.6 is 0 Å². The summed E-state index contributed by atoms with van der Waals surface area (Å²) in [6.07, 6.45) is 2.73. The van der Waals surface area contributed by atoms with Crippen LogP contribution in [0.15, 0.2) is 42.1 Å². The van der Waals surface area contributed by atoms with E-state index in [9.17, 15) is 9.59 Å². The van der Waals surface area contributed by atoms with Gasteiger partial charge in [0.25, 0.3) is 0 Å². The second-order valence-electron chi connectivity index (χ2n) is 5.03. The molecule has 120 valence electrons. The normalized spacial score (nSPS) is 11.3. The lowest BCUT2D eigenvalue weighted by Crippen LogP contribution is -2.10. The van der Waals surface area contributed by atoms with Crippen molar-refractivity contribution in [1.29, 1.82) is 0 Å². The Kier molecular flexibility index (Phi) is 5.30. The van der Waals surface area contributed by atoms with E-state index in [1.165, 1.54) is 13.2 Å². The molecule has 1 heterocycles. The van der Waals surface area contributed by atoms with Crippen molar-refractivity contribution in [3.05, 3.63) is 59.2 Å². The minimum atomic E-state index is -1.09. The quantitative estimate of drug-likeness (QED) is 0.653. The van der Waals surface area contributed by atoms with Crippen LogP contribution in [-0.4, -0.2) is 33.7 Å². The molecule has 0 atom stereocenters. The summed E-state index contributed by atoms with van der Waals surface area (Å²) in [5.41, 5.74) is 1.82. The highest BCUT2D eigenvalue weighted by atomic mass is 16.5. The first-order chi connectivity index (χ1) is 11.0. The Bertz CT molecular complexity index is 732. The van der Waals surface area contributed by atoms with Crippen molar-refractivity contribution in [3.8, 4) is 0 Å². The number of esters is 1. The molecule has 0 bridgehead atoms. The molecule has 0 amide bonds. The number of carboxylic acids is 1. The van der Waals surface area contributed by atoms with E-state index < -0.39 is 18.4 Å². The number of benzene rings is 1. The molecule has 0 spiro atoms. The van der Waals surface area contributed by atoms with Gasteiger partial charge in [-0.25, -0.2) is 9.78 Å². The molecule has 23 heavy (non-hydrogen) atoms. The number of ether oxygens (including phenoxy) is 1. The number of carbonyl (C=O) groups excluding carboxylic acids is 1. The van der Waals surface area contributed by atoms with Gasteiger partial charge in [-0.1, -0.05) is 30.3 Å². The molecule has 0 aliphatic heterocycles. The van der Waals surface area contributed by atoms with Gasteiger partial charge in [0, 0.05) is 6.54 Å². The predicted octanol–water partition coefficient (Wildman–Crippen LogP) is 2.27. The average Bonchev–Trinajstić information content (AvgIpc) is 2.87. The van der Waals surface area contributed by atoms with E-state index in [1.807, 2.05) is 41.8 Å². The Balaban J connectivity index is 2.37. The summed E-state index contributed by atoms with van der Waals surface area (Å²) in [5, 5.41) is 8.94. The van der Waals surface area contributed by atoms with Gasteiger partial charge >= 0.3 is 11.9 Å². The van der Waals surface area contributed by atoms with Crippen molar-refractivity contribution in [2.75, 3.05) is 7.11 Å². The van der Waals surface area contributed by atoms with E-state index in [4.69, 9.17) is 5.11 Å². The van der Waals surface area contributed by atoms with Crippen LogP contribution < -0.4 is 0 Å². The Morgan fingerprint density at radius 1 is 1.30 bits per heavy atom. The lowest BCUT2D eigenvalue weighted by Gasteiger charge is -2.09. The fourth-order valence-electron chi connectivity index (χ4n) is 2.23. The minimum absolute atomic E-state index is 0.0780. The number of rotatable bonds is 6. The molecule has 1 aromatic heterocycles. The molecule has 0 fully saturated rings. The fraction of sp³-hybridized carbons (Fsp3) is 0.235. The van der Waals surface area contributed by atoms with Crippen LogP contribution in [-0.2, 0) is 20.9 Å². The van der Waals surface area contributed by atoms with Crippen molar-refractivity contribution in [2.24, 2.45) is 0 Å². The Labute approximate surface area is 134 Å². The van der Waals surface area contributed by atoms with Gasteiger partial charge in [-0.05, 0) is 18.6 Å². The zero-order valence-electron chi connectivity index (χ0n) is 13.0. The summed E-state index contributed by atoms with van der Waals surface area (Å²) < 4.78 is 6.57. The molecular formula is C17H18N2O4. The molecule has 0 unspecified atom stereocenters. The van der Waals surface area contributed by atoms with Gasteiger partial charge in [-0.2, -0.15) is 0 Å². The third-order valence-corrected chi connectivity index (χ3v) is 3.38. The van der Waals surface area contributed by atoms with Crippen molar-refractivity contribution in [3.63, 3.8) is 0 Å². The summed E-state index contributed by atoms with van der Waals surface area (Å²) >= 11 is 0. The molecule has 0 aliphatic rings. The molecule has 0 saturated carbocycles. The topological polar surface area (TPSA) is 81.4 Å². The number of hydrogen-bond acceptors (Lipinski definition) is 4. The van der Waals surface area contributed by atoms with Crippen LogP contribution in [0.3, 0.4) is 0 Å². The van der Waals surface area contributed by atoms with Crippen LogP contribution in [0.2, 0.25) is 0 Å². The minimum Gasteiger partial charge on any atom is -0.481 e. The van der Waals surface area contributed by atoms with Crippen molar-refractivity contribution in [2.45, 2.75) is 19.9 Å². The highest BCUT2D eigenvalue weighted by molar-refractivity contribution is 5.97. The first kappa shape index (κ1) is 16.5. The third-order valence-electron chi connectivity index (χ3n) is 3.38. The van der Waals surface area contributed by atoms with Gasteiger partial charge in [-0.15, -0.1) is 0 Å². The number of imidazole rings is 1. The third kappa shape index (κ3) is 4.29. The van der Waals surface area contributed by atoms with Crippen LogP contribution in [0.5, 0.6) is 0 Å². The van der Waals surface area contributed by atoms with E-state index in [0.29, 0.717) is 12.2 Å². The van der Waals surface area contributed by atoms with Gasteiger partial charge in [-0.3, -0.25) is 4.79 Å². The Morgan fingerprint density at radius 2 is 2.00 bits per heavy atom. The lowest BCUT2D eigenvalue weighted by atomic mass is 10.1. The molecule has 2 rings (SSSR count). The molecule has 1 N–H and O–H groups in total. The SMILES string of the molecule is COC(=O)/C(=C\c1cnc(C)n1Cc1ccccc1)CC(=O)O. The largest absolute Gasteiger partial charge is 0.481 e. The number of carbonyl (C=O) groups is 2. The number of aliphatic carboxylic acids is 1. The number of hydrogen-bond donors (Lipinski definition) is 1. The van der Waals surface area contributed by atoms with Gasteiger partial charge in [0.1, 0.15) is 5.82 Å². The average molecular weight is 314 g/mol. The molecule has 0 aliphatic carbocycles. The number of methoxy groups -OCH3 is 1. The van der Waals surface area contributed by atoms with E-state index in [2.05, 4.69) is 9.72 Å². The van der Waals surface area contributed by atoms with E-state index in [-0.39, 0.29) is 5.57 Å². The molecule has 1 aromatic carbocycles. The van der Waals surface area contributed by atoms with Gasteiger partial charge in [0.05, 0.1) is 31.0 Å². The van der Waals surface area contributed by atoms with Crippen LogP contribution in [0, 0.1) is 6.92 Å². The first-order valence-corrected chi connectivity index (χ1v) is 7.08. The summed E-state index contributed by atoms with van der Waals surface area (Å²) in [5.74, 6) is -0.968. The molecule has 2 aromatic rings. The molecular weight excluding hydrogens is 296 g/mol. The molecule has 0 radical (unpaired) electrons. The van der Waals surface area contributed by atoms with Crippen LogP contribution in [0.1, 0.15) is 23.5 Å². The van der Waals surface area contributed by atoms with Gasteiger partial charge in [0.15, 0.2) is 0 Å². The maximum atomic E-state index is 11.7. The summed E-state index contributed by atoms with van der Waals surface area (Å²) in [7, 11) is 1.23. The Morgan fingerprint density at radius 3 is 2.61 bits per heavy atom. The maximum Gasteiger partial charge on any atom is 0.334 e. The number of aromatic nitrogens is 2. The Hall–Kier alpha value is -2.89. The highest BCUT2D eigenvalue weighted by Crippen LogP contribution is 2.15.